The van der Waals surface area contributed by atoms with Crippen LogP contribution in [0.5, 0.6) is 0 Å². The van der Waals surface area contributed by atoms with Crippen molar-refractivity contribution in [3.63, 3.8) is 0 Å². The van der Waals surface area contributed by atoms with Gasteiger partial charge in [-0.1, -0.05) is 6.92 Å². The molecule has 0 aliphatic rings. The lowest BCUT2D eigenvalue weighted by atomic mass is 10.5. The summed E-state index contributed by atoms with van der Waals surface area (Å²) < 4.78 is 0. The van der Waals surface area contributed by atoms with E-state index in [1.165, 1.54) is 0 Å². The minimum Gasteiger partial charge on any atom is -0.357 e. The fourth-order valence-electron chi connectivity index (χ4n) is 0.733. The van der Waals surface area contributed by atoms with Crippen molar-refractivity contribution in [2.24, 2.45) is 4.99 Å². The normalized spacial score (nSPS) is 9.00. The summed E-state index contributed by atoms with van der Waals surface area (Å²) >= 11 is 0. The van der Waals surface area contributed by atoms with Crippen LogP contribution in [0.3, 0.4) is 0 Å². The summed E-state index contributed by atoms with van der Waals surface area (Å²) in [6.07, 6.45) is 1.10. The molecule has 0 saturated heterocycles. The Morgan fingerprint density at radius 2 is 1.64 bits per heavy atom. The number of guanidine groups is 1. The van der Waals surface area contributed by atoms with Gasteiger partial charge in [-0.25, -0.2) is 0 Å². The van der Waals surface area contributed by atoms with Crippen LogP contribution in [-0.4, -0.2) is 25.6 Å². The molecule has 66 valence electrons. The van der Waals surface area contributed by atoms with E-state index in [9.17, 15) is 0 Å². The SMILES string of the molecule is CCCN=C(NCC)NCC. The van der Waals surface area contributed by atoms with Crippen LogP contribution in [0.2, 0.25) is 0 Å². The molecule has 0 aromatic heterocycles. The summed E-state index contributed by atoms with van der Waals surface area (Å²) in [6, 6.07) is 0. The molecule has 0 aromatic rings. The van der Waals surface area contributed by atoms with Crippen molar-refractivity contribution in [2.45, 2.75) is 27.2 Å². The molecule has 0 aliphatic carbocycles. The molecule has 3 heteroatoms. The van der Waals surface area contributed by atoms with Crippen LogP contribution in [0.25, 0.3) is 0 Å². The van der Waals surface area contributed by atoms with Crippen molar-refractivity contribution in [2.75, 3.05) is 19.6 Å². The zero-order valence-corrected chi connectivity index (χ0v) is 7.78. The minimum absolute atomic E-state index is 0.898. The van der Waals surface area contributed by atoms with E-state index in [0.29, 0.717) is 0 Å². The van der Waals surface area contributed by atoms with Gasteiger partial charge in [0.15, 0.2) is 5.96 Å². The van der Waals surface area contributed by atoms with E-state index in [2.05, 4.69) is 36.4 Å². The lowest BCUT2D eigenvalue weighted by Crippen LogP contribution is -2.37. The van der Waals surface area contributed by atoms with E-state index in [1.54, 1.807) is 0 Å². The Bertz CT molecular complexity index is 102. The molecule has 0 aliphatic heterocycles. The van der Waals surface area contributed by atoms with E-state index in [-0.39, 0.29) is 0 Å². The molecule has 0 rings (SSSR count). The first-order chi connectivity index (χ1) is 5.35. The average molecular weight is 157 g/mol. The Hall–Kier alpha value is -0.730. The summed E-state index contributed by atoms with van der Waals surface area (Å²) in [7, 11) is 0. The second-order valence-corrected chi connectivity index (χ2v) is 2.29. The maximum atomic E-state index is 4.32. The highest BCUT2D eigenvalue weighted by atomic mass is 15.2. The first-order valence-corrected chi connectivity index (χ1v) is 4.37. The second kappa shape index (κ2) is 7.38. The number of hydrogen-bond acceptors (Lipinski definition) is 1. The second-order valence-electron chi connectivity index (χ2n) is 2.29. The van der Waals surface area contributed by atoms with E-state index < -0.39 is 0 Å². The summed E-state index contributed by atoms with van der Waals surface area (Å²) in [6.45, 7) is 9.01. The third-order valence-electron chi connectivity index (χ3n) is 1.18. The Labute approximate surface area is 69.3 Å². The Morgan fingerprint density at radius 1 is 1.09 bits per heavy atom. The van der Waals surface area contributed by atoms with Crippen molar-refractivity contribution < 1.29 is 0 Å². The van der Waals surface area contributed by atoms with Crippen LogP contribution in [0, 0.1) is 0 Å². The number of nitrogens with one attached hydrogen (secondary N) is 2. The molecule has 3 nitrogen and oxygen atoms in total. The van der Waals surface area contributed by atoms with Gasteiger partial charge < -0.3 is 10.6 Å². The highest BCUT2D eigenvalue weighted by Gasteiger charge is 1.90. The number of hydrogen-bond donors (Lipinski definition) is 2. The standard InChI is InChI=1S/C8H19N3/c1-4-7-11-8(9-5-2)10-6-3/h4-7H2,1-3H3,(H2,9,10,11). The molecule has 0 fully saturated rings. The van der Waals surface area contributed by atoms with Crippen molar-refractivity contribution in [1.82, 2.24) is 10.6 Å². The van der Waals surface area contributed by atoms with Crippen LogP contribution < -0.4 is 10.6 Å². The molecule has 11 heavy (non-hydrogen) atoms. The molecule has 0 heterocycles. The largest absolute Gasteiger partial charge is 0.357 e. The third kappa shape index (κ3) is 5.70. The maximum absolute atomic E-state index is 4.32. The molecular formula is C8H19N3. The average Bonchev–Trinajstić information content (AvgIpc) is 2.01. The van der Waals surface area contributed by atoms with Crippen molar-refractivity contribution in [3.8, 4) is 0 Å². The fraction of sp³-hybridized carbons (Fsp3) is 0.875. The van der Waals surface area contributed by atoms with Gasteiger partial charge in [0.2, 0.25) is 0 Å². The fourth-order valence-corrected chi connectivity index (χ4v) is 0.733. The first kappa shape index (κ1) is 10.3. The van der Waals surface area contributed by atoms with E-state index >= 15 is 0 Å². The molecule has 0 atom stereocenters. The molecule has 0 aromatic carbocycles. The zero-order chi connectivity index (χ0) is 8.53. The van der Waals surface area contributed by atoms with Crippen LogP contribution in [0.15, 0.2) is 4.99 Å². The molecule has 0 radical (unpaired) electrons. The van der Waals surface area contributed by atoms with Gasteiger partial charge in [-0.2, -0.15) is 0 Å². The lowest BCUT2D eigenvalue weighted by Gasteiger charge is -2.07. The van der Waals surface area contributed by atoms with E-state index in [1.807, 2.05) is 0 Å². The minimum atomic E-state index is 0.898. The monoisotopic (exact) mass is 157 g/mol. The zero-order valence-electron chi connectivity index (χ0n) is 7.78. The number of aliphatic imine (C=N–C) groups is 1. The van der Waals surface area contributed by atoms with Crippen LogP contribution >= 0.6 is 0 Å². The maximum Gasteiger partial charge on any atom is 0.191 e. The number of nitrogens with zero attached hydrogens (tertiary/aromatic N) is 1. The van der Waals surface area contributed by atoms with Gasteiger partial charge in [0.25, 0.3) is 0 Å². The van der Waals surface area contributed by atoms with Gasteiger partial charge in [0.05, 0.1) is 0 Å². The van der Waals surface area contributed by atoms with Crippen molar-refractivity contribution in [3.05, 3.63) is 0 Å². The topological polar surface area (TPSA) is 36.4 Å². The molecule has 2 N–H and O–H groups in total. The Kier molecular flexibility index (Phi) is 6.89. The van der Waals surface area contributed by atoms with Gasteiger partial charge in [0, 0.05) is 19.6 Å². The summed E-state index contributed by atoms with van der Waals surface area (Å²) in [5, 5.41) is 6.31. The van der Waals surface area contributed by atoms with Gasteiger partial charge in [-0.3, -0.25) is 4.99 Å². The molecule has 0 unspecified atom stereocenters. The van der Waals surface area contributed by atoms with Crippen LogP contribution in [-0.2, 0) is 0 Å². The Balaban J connectivity index is 3.66. The van der Waals surface area contributed by atoms with Crippen LogP contribution in [0.1, 0.15) is 27.2 Å². The highest BCUT2D eigenvalue weighted by molar-refractivity contribution is 5.79. The van der Waals surface area contributed by atoms with E-state index in [0.717, 1.165) is 32.0 Å². The third-order valence-corrected chi connectivity index (χ3v) is 1.18. The highest BCUT2D eigenvalue weighted by Crippen LogP contribution is 1.77. The lowest BCUT2D eigenvalue weighted by molar-refractivity contribution is 0.827. The van der Waals surface area contributed by atoms with Gasteiger partial charge in [-0.15, -0.1) is 0 Å². The predicted octanol–water partition coefficient (Wildman–Crippen LogP) is 0.971. The van der Waals surface area contributed by atoms with Crippen molar-refractivity contribution >= 4 is 5.96 Å². The molecule has 0 amide bonds. The summed E-state index contributed by atoms with van der Waals surface area (Å²) in [4.78, 5) is 4.32. The number of rotatable bonds is 4. The smallest absolute Gasteiger partial charge is 0.191 e. The van der Waals surface area contributed by atoms with Gasteiger partial charge in [-0.05, 0) is 20.3 Å². The first-order valence-electron chi connectivity index (χ1n) is 4.37. The Morgan fingerprint density at radius 3 is 2.00 bits per heavy atom. The van der Waals surface area contributed by atoms with E-state index in [4.69, 9.17) is 0 Å². The van der Waals surface area contributed by atoms with Gasteiger partial charge >= 0.3 is 0 Å². The van der Waals surface area contributed by atoms with Crippen LogP contribution in [0.4, 0.5) is 0 Å². The summed E-state index contributed by atoms with van der Waals surface area (Å²) in [5.74, 6) is 0.928. The molecule has 0 spiro atoms. The molecular weight excluding hydrogens is 138 g/mol. The molecule has 0 bridgehead atoms. The van der Waals surface area contributed by atoms with Crippen molar-refractivity contribution in [1.29, 1.82) is 0 Å². The van der Waals surface area contributed by atoms with Gasteiger partial charge in [0.1, 0.15) is 0 Å². The quantitative estimate of drug-likeness (QED) is 0.471. The predicted molar refractivity (Wildman–Crippen MR) is 49.9 cm³/mol. The molecule has 0 saturated carbocycles. The summed E-state index contributed by atoms with van der Waals surface area (Å²) in [5.41, 5.74) is 0.